The summed E-state index contributed by atoms with van der Waals surface area (Å²) in [6.07, 6.45) is 5.11. The van der Waals surface area contributed by atoms with E-state index in [4.69, 9.17) is 16.3 Å². The van der Waals surface area contributed by atoms with Crippen LogP contribution in [0.2, 0.25) is 0 Å². The van der Waals surface area contributed by atoms with Gasteiger partial charge >= 0.3 is 0 Å². The zero-order valence-corrected chi connectivity index (χ0v) is 13.6. The van der Waals surface area contributed by atoms with Gasteiger partial charge in [-0.3, -0.25) is 0 Å². The van der Waals surface area contributed by atoms with Gasteiger partial charge in [0.15, 0.2) is 0 Å². The van der Waals surface area contributed by atoms with Crippen molar-refractivity contribution in [2.45, 2.75) is 38.0 Å². The second-order valence-corrected chi connectivity index (χ2v) is 6.79. The van der Waals surface area contributed by atoms with Gasteiger partial charge in [0.1, 0.15) is 5.75 Å². The van der Waals surface area contributed by atoms with Gasteiger partial charge in [-0.1, -0.05) is 50.1 Å². The molecule has 1 unspecified atom stereocenters. The molecule has 0 spiro atoms. The maximum absolute atomic E-state index is 6.87. The van der Waals surface area contributed by atoms with Crippen LogP contribution in [-0.2, 0) is 0 Å². The number of halogens is 1. The van der Waals surface area contributed by atoms with Gasteiger partial charge in [0, 0.05) is 5.39 Å². The molecule has 2 heteroatoms. The normalized spacial score (nSPS) is 24.0. The summed E-state index contributed by atoms with van der Waals surface area (Å²) in [6.45, 7) is 2.35. The number of rotatable bonds is 3. The van der Waals surface area contributed by atoms with E-state index in [0.717, 1.165) is 17.1 Å². The average Bonchev–Trinajstić information content (AvgIpc) is 2.54. The number of hydrogen-bond donors (Lipinski definition) is 0. The minimum Gasteiger partial charge on any atom is -0.496 e. The van der Waals surface area contributed by atoms with Gasteiger partial charge in [-0.15, -0.1) is 11.6 Å². The molecule has 2 aromatic carbocycles. The van der Waals surface area contributed by atoms with Crippen LogP contribution < -0.4 is 4.74 Å². The topological polar surface area (TPSA) is 9.23 Å². The molecule has 1 fully saturated rings. The quantitative estimate of drug-likeness (QED) is 0.636. The monoisotopic (exact) mass is 302 g/mol. The molecule has 0 N–H and O–H groups in total. The van der Waals surface area contributed by atoms with E-state index >= 15 is 0 Å². The molecule has 1 aliphatic carbocycles. The molecule has 0 aliphatic heterocycles. The van der Waals surface area contributed by atoms with Crippen LogP contribution in [0.15, 0.2) is 36.4 Å². The van der Waals surface area contributed by atoms with E-state index in [1.165, 1.54) is 36.6 Å². The first-order valence-electron chi connectivity index (χ1n) is 7.90. The molecule has 3 rings (SSSR count). The van der Waals surface area contributed by atoms with Crippen molar-refractivity contribution in [3.63, 3.8) is 0 Å². The largest absolute Gasteiger partial charge is 0.496 e. The highest BCUT2D eigenvalue weighted by Gasteiger charge is 2.27. The fourth-order valence-electron chi connectivity index (χ4n) is 3.55. The second kappa shape index (κ2) is 6.27. The van der Waals surface area contributed by atoms with E-state index in [0.29, 0.717) is 5.92 Å². The van der Waals surface area contributed by atoms with Gasteiger partial charge in [-0.05, 0) is 41.7 Å². The van der Waals surface area contributed by atoms with E-state index in [9.17, 15) is 0 Å². The molecule has 0 amide bonds. The third kappa shape index (κ3) is 2.89. The minimum atomic E-state index is 0.105. The van der Waals surface area contributed by atoms with E-state index in [-0.39, 0.29) is 5.38 Å². The Labute approximate surface area is 132 Å². The lowest BCUT2D eigenvalue weighted by Gasteiger charge is -2.30. The maximum Gasteiger partial charge on any atom is 0.126 e. The van der Waals surface area contributed by atoms with Gasteiger partial charge < -0.3 is 4.74 Å². The van der Waals surface area contributed by atoms with Crippen molar-refractivity contribution in [1.82, 2.24) is 0 Å². The van der Waals surface area contributed by atoms with E-state index in [1.54, 1.807) is 7.11 Å². The minimum absolute atomic E-state index is 0.105. The van der Waals surface area contributed by atoms with Crippen LogP contribution in [0.1, 0.15) is 43.5 Å². The SMILES string of the molecule is COc1ccc(C(Cl)C2CCC(C)CC2)c2ccccc12. The Morgan fingerprint density at radius 1 is 1.00 bits per heavy atom. The van der Waals surface area contributed by atoms with E-state index in [1.807, 2.05) is 0 Å². The average molecular weight is 303 g/mol. The first kappa shape index (κ1) is 14.7. The third-order valence-electron chi connectivity index (χ3n) is 4.91. The first-order valence-corrected chi connectivity index (χ1v) is 8.34. The molecule has 21 heavy (non-hydrogen) atoms. The predicted octanol–water partition coefficient (Wildman–Crippen LogP) is 5.95. The number of benzene rings is 2. The van der Waals surface area contributed by atoms with Gasteiger partial charge in [-0.2, -0.15) is 0 Å². The summed E-state index contributed by atoms with van der Waals surface area (Å²) in [7, 11) is 1.72. The molecule has 1 saturated carbocycles. The van der Waals surface area contributed by atoms with Crippen molar-refractivity contribution >= 4 is 22.4 Å². The van der Waals surface area contributed by atoms with Crippen molar-refractivity contribution in [2.75, 3.05) is 7.11 Å². The number of alkyl halides is 1. The van der Waals surface area contributed by atoms with Gasteiger partial charge in [0.2, 0.25) is 0 Å². The van der Waals surface area contributed by atoms with Crippen LogP contribution in [0.3, 0.4) is 0 Å². The molecular weight excluding hydrogens is 280 g/mol. The highest BCUT2D eigenvalue weighted by molar-refractivity contribution is 6.22. The zero-order chi connectivity index (χ0) is 14.8. The van der Waals surface area contributed by atoms with Gasteiger partial charge in [0.05, 0.1) is 12.5 Å². The second-order valence-electron chi connectivity index (χ2n) is 6.32. The Bertz CT molecular complexity index is 614. The van der Waals surface area contributed by atoms with Crippen molar-refractivity contribution in [3.05, 3.63) is 42.0 Å². The molecule has 2 aromatic rings. The predicted molar refractivity (Wildman–Crippen MR) is 90.2 cm³/mol. The molecule has 1 nitrogen and oxygen atoms in total. The fourth-order valence-corrected chi connectivity index (χ4v) is 3.99. The first-order chi connectivity index (χ1) is 10.2. The molecule has 0 radical (unpaired) electrons. The lowest BCUT2D eigenvalue weighted by Crippen LogP contribution is -2.16. The highest BCUT2D eigenvalue weighted by Crippen LogP contribution is 2.43. The zero-order valence-electron chi connectivity index (χ0n) is 12.8. The lowest BCUT2D eigenvalue weighted by atomic mass is 9.79. The Hall–Kier alpha value is -1.21. The van der Waals surface area contributed by atoms with Crippen LogP contribution in [0.5, 0.6) is 5.75 Å². The summed E-state index contributed by atoms with van der Waals surface area (Å²) in [6, 6.07) is 12.6. The van der Waals surface area contributed by atoms with E-state index in [2.05, 4.69) is 43.3 Å². The highest BCUT2D eigenvalue weighted by atomic mass is 35.5. The lowest BCUT2D eigenvalue weighted by molar-refractivity contribution is 0.284. The van der Waals surface area contributed by atoms with Crippen molar-refractivity contribution in [1.29, 1.82) is 0 Å². The van der Waals surface area contributed by atoms with Crippen LogP contribution in [0.4, 0.5) is 0 Å². The number of hydrogen-bond acceptors (Lipinski definition) is 1. The molecule has 0 saturated heterocycles. The molecule has 0 heterocycles. The molecule has 0 bridgehead atoms. The summed E-state index contributed by atoms with van der Waals surface area (Å²) in [5.74, 6) is 2.38. The Kier molecular flexibility index (Phi) is 4.40. The molecular formula is C19H23ClO. The summed E-state index contributed by atoms with van der Waals surface area (Å²) >= 11 is 6.87. The van der Waals surface area contributed by atoms with Crippen LogP contribution >= 0.6 is 11.6 Å². The summed E-state index contributed by atoms with van der Waals surface area (Å²) < 4.78 is 5.48. The molecule has 1 aliphatic rings. The summed E-state index contributed by atoms with van der Waals surface area (Å²) in [5.41, 5.74) is 1.26. The van der Waals surface area contributed by atoms with Gasteiger partial charge in [-0.25, -0.2) is 0 Å². The summed E-state index contributed by atoms with van der Waals surface area (Å²) in [4.78, 5) is 0. The van der Waals surface area contributed by atoms with Crippen molar-refractivity contribution in [2.24, 2.45) is 11.8 Å². The maximum atomic E-state index is 6.87. The fraction of sp³-hybridized carbons (Fsp3) is 0.474. The van der Waals surface area contributed by atoms with Crippen LogP contribution in [-0.4, -0.2) is 7.11 Å². The van der Waals surface area contributed by atoms with Crippen LogP contribution in [0.25, 0.3) is 10.8 Å². The van der Waals surface area contributed by atoms with Crippen LogP contribution in [0, 0.1) is 11.8 Å². The Morgan fingerprint density at radius 3 is 2.33 bits per heavy atom. The molecule has 0 aromatic heterocycles. The Morgan fingerprint density at radius 2 is 1.67 bits per heavy atom. The van der Waals surface area contributed by atoms with Crippen molar-refractivity contribution < 1.29 is 4.74 Å². The van der Waals surface area contributed by atoms with Crippen molar-refractivity contribution in [3.8, 4) is 5.75 Å². The van der Waals surface area contributed by atoms with E-state index < -0.39 is 0 Å². The standard InChI is InChI=1S/C19H23ClO/c1-13-7-9-14(10-8-13)19(20)17-11-12-18(21-2)16-6-4-3-5-15(16)17/h3-6,11-14,19H,7-10H2,1-2H3. The number of fused-ring (bicyclic) bond motifs is 1. The Balaban J connectivity index is 1.96. The molecule has 112 valence electrons. The number of ether oxygens (including phenoxy) is 1. The summed E-state index contributed by atoms with van der Waals surface area (Å²) in [5, 5.41) is 2.50. The third-order valence-corrected chi connectivity index (χ3v) is 5.50. The smallest absolute Gasteiger partial charge is 0.126 e. The number of methoxy groups -OCH3 is 1. The van der Waals surface area contributed by atoms with Gasteiger partial charge in [0.25, 0.3) is 0 Å². The molecule has 1 atom stereocenters.